The number of sulfone groups is 1. The largest absolute Gasteiger partial charge is 0.348 e. The lowest BCUT2D eigenvalue weighted by atomic mass is 10.2. The van der Waals surface area contributed by atoms with Gasteiger partial charge in [-0.2, -0.15) is 0 Å². The quantitative estimate of drug-likeness (QED) is 0.696. The molecule has 1 amide bonds. The fourth-order valence-electron chi connectivity index (χ4n) is 1.13. The van der Waals surface area contributed by atoms with Crippen LogP contribution in [0.3, 0.4) is 0 Å². The van der Waals surface area contributed by atoms with Gasteiger partial charge in [0.15, 0.2) is 9.84 Å². The minimum absolute atomic E-state index is 0.0375. The molecule has 6 heteroatoms. The number of nitrogens with zero attached hydrogens (tertiary/aromatic N) is 1. The molecule has 0 aliphatic rings. The van der Waals surface area contributed by atoms with E-state index in [0.29, 0.717) is 6.54 Å². The predicted octanol–water partition coefficient (Wildman–Crippen LogP) is -0.527. The van der Waals surface area contributed by atoms with Gasteiger partial charge in [0.2, 0.25) is 5.91 Å². The van der Waals surface area contributed by atoms with Gasteiger partial charge in [-0.05, 0) is 19.4 Å². The summed E-state index contributed by atoms with van der Waals surface area (Å²) in [6.45, 7) is 3.48. The van der Waals surface area contributed by atoms with E-state index >= 15 is 0 Å². The molecule has 15 heavy (non-hydrogen) atoms. The first kappa shape index (κ1) is 14.4. The summed E-state index contributed by atoms with van der Waals surface area (Å²) in [5.74, 6) is -0.545. The van der Waals surface area contributed by atoms with Gasteiger partial charge in [0.25, 0.3) is 0 Å². The lowest BCUT2D eigenvalue weighted by Crippen LogP contribution is -2.39. The third-order valence-electron chi connectivity index (χ3n) is 2.25. The van der Waals surface area contributed by atoms with Gasteiger partial charge >= 0.3 is 0 Å². The molecule has 0 bridgehead atoms. The first-order valence-corrected chi connectivity index (χ1v) is 6.56. The molecule has 5 nitrogen and oxygen atoms in total. The molecule has 0 rings (SSSR count). The van der Waals surface area contributed by atoms with Crippen LogP contribution in [0.1, 0.15) is 13.8 Å². The monoisotopic (exact) mass is 236 g/mol. The van der Waals surface area contributed by atoms with Crippen molar-refractivity contribution in [3.63, 3.8) is 0 Å². The SMILES string of the molecule is CC(CN)CS(=O)(=O)C(C)C(=O)N(C)C. The Kier molecular flexibility index (Phi) is 5.23. The normalized spacial score (nSPS) is 15.8. The van der Waals surface area contributed by atoms with E-state index < -0.39 is 15.1 Å². The molecule has 0 aromatic rings. The Morgan fingerprint density at radius 2 is 1.80 bits per heavy atom. The zero-order valence-corrected chi connectivity index (χ0v) is 10.5. The maximum absolute atomic E-state index is 11.7. The second-order valence-electron chi connectivity index (χ2n) is 4.05. The van der Waals surface area contributed by atoms with E-state index in [1.54, 1.807) is 21.0 Å². The van der Waals surface area contributed by atoms with Crippen LogP contribution in [0.15, 0.2) is 0 Å². The molecule has 90 valence electrons. The molecule has 0 aromatic carbocycles. The Bertz CT molecular complexity index is 311. The van der Waals surface area contributed by atoms with E-state index in [4.69, 9.17) is 5.73 Å². The standard InChI is InChI=1S/C9H20N2O3S/c1-7(5-10)6-15(13,14)8(2)9(12)11(3)4/h7-8H,5-6,10H2,1-4H3. The van der Waals surface area contributed by atoms with E-state index in [9.17, 15) is 13.2 Å². The maximum atomic E-state index is 11.7. The topological polar surface area (TPSA) is 80.5 Å². The first-order chi connectivity index (χ1) is 6.72. The minimum Gasteiger partial charge on any atom is -0.348 e. The van der Waals surface area contributed by atoms with Crippen molar-refractivity contribution >= 4 is 15.7 Å². The fourth-order valence-corrected chi connectivity index (χ4v) is 2.86. The second kappa shape index (κ2) is 5.46. The Morgan fingerprint density at radius 1 is 1.33 bits per heavy atom. The van der Waals surface area contributed by atoms with Gasteiger partial charge in [-0.1, -0.05) is 6.92 Å². The van der Waals surface area contributed by atoms with Crippen LogP contribution < -0.4 is 5.73 Å². The van der Waals surface area contributed by atoms with Crippen molar-refractivity contribution in [3.8, 4) is 0 Å². The smallest absolute Gasteiger partial charge is 0.240 e. The molecule has 0 saturated carbocycles. The van der Waals surface area contributed by atoms with Gasteiger partial charge in [-0.25, -0.2) is 8.42 Å². The van der Waals surface area contributed by atoms with E-state index in [1.807, 2.05) is 0 Å². The summed E-state index contributed by atoms with van der Waals surface area (Å²) >= 11 is 0. The van der Waals surface area contributed by atoms with E-state index in [2.05, 4.69) is 0 Å². The first-order valence-electron chi connectivity index (χ1n) is 4.85. The zero-order valence-electron chi connectivity index (χ0n) is 9.73. The van der Waals surface area contributed by atoms with E-state index in [-0.39, 0.29) is 17.6 Å². The van der Waals surface area contributed by atoms with Crippen LogP contribution in [-0.2, 0) is 14.6 Å². The molecule has 0 aliphatic carbocycles. The van der Waals surface area contributed by atoms with Crippen LogP contribution in [0.2, 0.25) is 0 Å². The predicted molar refractivity (Wildman–Crippen MR) is 60.2 cm³/mol. The molecule has 0 heterocycles. The van der Waals surface area contributed by atoms with Crippen molar-refractivity contribution in [1.82, 2.24) is 4.90 Å². The number of amides is 1. The minimum atomic E-state index is -3.39. The van der Waals surface area contributed by atoms with Crippen LogP contribution in [0.4, 0.5) is 0 Å². The third-order valence-corrected chi connectivity index (χ3v) is 4.56. The van der Waals surface area contributed by atoms with Crippen molar-refractivity contribution in [2.75, 3.05) is 26.4 Å². The van der Waals surface area contributed by atoms with Crippen molar-refractivity contribution < 1.29 is 13.2 Å². The highest BCUT2D eigenvalue weighted by atomic mass is 32.2. The molecule has 0 spiro atoms. The highest BCUT2D eigenvalue weighted by Gasteiger charge is 2.30. The molecule has 2 atom stereocenters. The number of hydrogen-bond donors (Lipinski definition) is 1. The van der Waals surface area contributed by atoms with Gasteiger partial charge in [0, 0.05) is 14.1 Å². The highest BCUT2D eigenvalue weighted by molar-refractivity contribution is 7.92. The Labute approximate surface area is 91.5 Å². The Hall–Kier alpha value is -0.620. The number of carbonyl (C=O) groups excluding carboxylic acids is 1. The third kappa shape index (κ3) is 4.17. The van der Waals surface area contributed by atoms with Gasteiger partial charge in [-0.3, -0.25) is 4.79 Å². The summed E-state index contributed by atoms with van der Waals surface area (Å²) in [6.07, 6.45) is 0. The number of hydrogen-bond acceptors (Lipinski definition) is 4. The Balaban J connectivity index is 4.67. The number of rotatable bonds is 5. The lowest BCUT2D eigenvalue weighted by molar-refractivity contribution is -0.127. The van der Waals surface area contributed by atoms with Crippen LogP contribution in [0, 0.1) is 5.92 Å². The van der Waals surface area contributed by atoms with Gasteiger partial charge in [-0.15, -0.1) is 0 Å². The average molecular weight is 236 g/mol. The average Bonchev–Trinajstić information content (AvgIpc) is 2.14. The van der Waals surface area contributed by atoms with Crippen molar-refractivity contribution in [2.24, 2.45) is 11.7 Å². The molecule has 0 saturated heterocycles. The number of carbonyl (C=O) groups is 1. The zero-order chi connectivity index (χ0) is 12.2. The molecule has 2 N–H and O–H groups in total. The molecule has 0 aliphatic heterocycles. The molecular weight excluding hydrogens is 216 g/mol. The van der Waals surface area contributed by atoms with Gasteiger partial charge < -0.3 is 10.6 Å². The van der Waals surface area contributed by atoms with Crippen LogP contribution in [-0.4, -0.2) is 50.9 Å². The molecule has 0 fully saturated rings. The molecule has 2 unspecified atom stereocenters. The molecule has 0 radical (unpaired) electrons. The second-order valence-corrected chi connectivity index (χ2v) is 6.41. The van der Waals surface area contributed by atoms with E-state index in [0.717, 1.165) is 0 Å². The van der Waals surface area contributed by atoms with Gasteiger partial charge in [0.05, 0.1) is 5.75 Å². The summed E-state index contributed by atoms with van der Waals surface area (Å²) in [4.78, 5) is 12.8. The fraction of sp³-hybridized carbons (Fsp3) is 0.889. The summed E-state index contributed by atoms with van der Waals surface area (Å²) in [6, 6.07) is 0. The Morgan fingerprint density at radius 3 is 2.13 bits per heavy atom. The summed E-state index contributed by atoms with van der Waals surface area (Å²) in [5, 5.41) is -0.985. The van der Waals surface area contributed by atoms with Crippen LogP contribution in [0.5, 0.6) is 0 Å². The van der Waals surface area contributed by atoms with Crippen LogP contribution >= 0.6 is 0 Å². The van der Waals surface area contributed by atoms with Crippen molar-refractivity contribution in [1.29, 1.82) is 0 Å². The summed E-state index contributed by atoms with van der Waals surface area (Å²) in [5.41, 5.74) is 5.36. The summed E-state index contributed by atoms with van der Waals surface area (Å²) < 4.78 is 23.5. The van der Waals surface area contributed by atoms with E-state index in [1.165, 1.54) is 11.8 Å². The lowest BCUT2D eigenvalue weighted by Gasteiger charge is -2.18. The van der Waals surface area contributed by atoms with Gasteiger partial charge in [0.1, 0.15) is 5.25 Å². The van der Waals surface area contributed by atoms with Crippen molar-refractivity contribution in [3.05, 3.63) is 0 Å². The summed E-state index contributed by atoms with van der Waals surface area (Å²) in [7, 11) is -0.302. The number of nitrogens with two attached hydrogens (primary N) is 1. The molecule has 0 aromatic heterocycles. The van der Waals surface area contributed by atoms with Crippen molar-refractivity contribution in [2.45, 2.75) is 19.1 Å². The maximum Gasteiger partial charge on any atom is 0.240 e. The molecular formula is C9H20N2O3S. The van der Waals surface area contributed by atoms with Crippen LogP contribution in [0.25, 0.3) is 0 Å². The highest BCUT2D eigenvalue weighted by Crippen LogP contribution is 2.09.